The van der Waals surface area contributed by atoms with Gasteiger partial charge in [0.25, 0.3) is 0 Å². The molecule has 0 heterocycles. The molecule has 164 valence electrons. The quantitative estimate of drug-likeness (QED) is 0.310. The fourth-order valence-electron chi connectivity index (χ4n) is 2.70. The van der Waals surface area contributed by atoms with Crippen LogP contribution in [0.3, 0.4) is 0 Å². The number of amides is 2. The molecule has 2 amide bonds. The Hall–Kier alpha value is -3.84. The predicted octanol–water partition coefficient (Wildman–Crippen LogP) is 3.69. The second-order valence-electron chi connectivity index (χ2n) is 6.69. The van der Waals surface area contributed by atoms with E-state index < -0.39 is 11.8 Å². The number of halogens is 1. The van der Waals surface area contributed by atoms with Crippen LogP contribution in [-0.2, 0) is 22.7 Å². The fraction of sp³-hybridized carbons (Fsp3) is 0.125. The van der Waals surface area contributed by atoms with Gasteiger partial charge < -0.3 is 14.8 Å². The van der Waals surface area contributed by atoms with Gasteiger partial charge in [0.2, 0.25) is 0 Å². The zero-order valence-electron chi connectivity index (χ0n) is 17.4. The maximum atomic E-state index is 11.9. The summed E-state index contributed by atoms with van der Waals surface area (Å²) >= 11 is 5.82. The van der Waals surface area contributed by atoms with Gasteiger partial charge in [-0.2, -0.15) is 5.10 Å². The molecule has 3 aromatic rings. The number of hydrogen-bond donors (Lipinski definition) is 2. The van der Waals surface area contributed by atoms with Crippen LogP contribution in [0.2, 0.25) is 5.02 Å². The first-order chi connectivity index (χ1) is 15.5. The highest BCUT2D eigenvalue weighted by atomic mass is 35.5. The van der Waals surface area contributed by atoms with Gasteiger partial charge in [0, 0.05) is 11.6 Å². The molecule has 2 N–H and O–H groups in total. The van der Waals surface area contributed by atoms with Gasteiger partial charge in [-0.05, 0) is 47.0 Å². The molecule has 7 nitrogen and oxygen atoms in total. The Bertz CT molecular complexity index is 1090. The van der Waals surface area contributed by atoms with Crippen molar-refractivity contribution >= 4 is 29.6 Å². The molecule has 0 aliphatic carbocycles. The van der Waals surface area contributed by atoms with Gasteiger partial charge in [0.1, 0.15) is 6.61 Å². The molecule has 0 atom stereocenters. The topological polar surface area (TPSA) is 89.0 Å². The molecule has 0 saturated heterocycles. The molecule has 0 radical (unpaired) electrons. The highest BCUT2D eigenvalue weighted by Gasteiger charge is 2.12. The zero-order chi connectivity index (χ0) is 22.8. The number of hydrazone groups is 1. The molecule has 0 saturated carbocycles. The van der Waals surface area contributed by atoms with E-state index in [2.05, 4.69) is 15.8 Å². The first kappa shape index (κ1) is 22.8. The minimum absolute atomic E-state index is 0.203. The molecule has 8 heteroatoms. The molecular weight excluding hydrogens is 430 g/mol. The van der Waals surface area contributed by atoms with Crippen LogP contribution in [0.1, 0.15) is 16.7 Å². The minimum Gasteiger partial charge on any atom is -0.493 e. The summed E-state index contributed by atoms with van der Waals surface area (Å²) < 4.78 is 11.2. The van der Waals surface area contributed by atoms with Crippen LogP contribution in [0.4, 0.5) is 0 Å². The van der Waals surface area contributed by atoms with E-state index in [0.717, 1.165) is 11.1 Å². The summed E-state index contributed by atoms with van der Waals surface area (Å²) in [6, 6.07) is 22.0. The molecule has 0 bridgehead atoms. The van der Waals surface area contributed by atoms with Crippen LogP contribution in [0.5, 0.6) is 11.5 Å². The lowest BCUT2D eigenvalue weighted by atomic mass is 10.2. The lowest BCUT2D eigenvalue weighted by Crippen LogP contribution is -2.37. The summed E-state index contributed by atoms with van der Waals surface area (Å²) in [6.07, 6.45) is 1.41. The Morgan fingerprint density at radius 1 is 0.938 bits per heavy atom. The molecule has 0 aliphatic rings. The Kier molecular flexibility index (Phi) is 8.22. The van der Waals surface area contributed by atoms with Crippen molar-refractivity contribution < 1.29 is 19.1 Å². The summed E-state index contributed by atoms with van der Waals surface area (Å²) in [5, 5.41) is 6.94. The fourth-order valence-corrected chi connectivity index (χ4v) is 2.83. The van der Waals surface area contributed by atoms with Crippen molar-refractivity contribution in [2.45, 2.75) is 13.2 Å². The maximum absolute atomic E-state index is 11.9. The minimum atomic E-state index is -0.870. The normalized spacial score (nSPS) is 10.6. The second-order valence-corrected chi connectivity index (χ2v) is 7.13. The van der Waals surface area contributed by atoms with Crippen LogP contribution in [-0.4, -0.2) is 25.1 Å². The van der Waals surface area contributed by atoms with Gasteiger partial charge >= 0.3 is 11.8 Å². The molecule has 0 aromatic heterocycles. The molecule has 32 heavy (non-hydrogen) atoms. The zero-order valence-corrected chi connectivity index (χ0v) is 18.1. The highest BCUT2D eigenvalue weighted by molar-refractivity contribution is 6.35. The van der Waals surface area contributed by atoms with Gasteiger partial charge in [0.05, 0.1) is 13.3 Å². The van der Waals surface area contributed by atoms with Crippen LogP contribution >= 0.6 is 11.6 Å². The molecule has 0 unspecified atom stereocenters. The number of ether oxygens (including phenoxy) is 2. The Morgan fingerprint density at radius 2 is 1.69 bits per heavy atom. The largest absolute Gasteiger partial charge is 0.493 e. The number of hydrogen-bond acceptors (Lipinski definition) is 5. The summed E-state index contributed by atoms with van der Waals surface area (Å²) in [7, 11) is 1.54. The second kappa shape index (κ2) is 11.5. The van der Waals surface area contributed by atoms with E-state index in [4.69, 9.17) is 21.1 Å². The van der Waals surface area contributed by atoms with Crippen molar-refractivity contribution in [1.82, 2.24) is 10.7 Å². The molecule has 0 aliphatic heterocycles. The molecule has 0 spiro atoms. The van der Waals surface area contributed by atoms with Crippen LogP contribution in [0.25, 0.3) is 0 Å². The standard InChI is InChI=1S/C24H22ClN3O4/c1-31-22-13-19(9-12-21(22)32-16-18-5-3-2-4-6-18)15-27-28-24(30)23(29)26-14-17-7-10-20(25)11-8-17/h2-13,15H,14,16H2,1H3,(H,26,29)(H,28,30)/b27-15-. The molecule has 0 fully saturated rings. The summed E-state index contributed by atoms with van der Waals surface area (Å²) in [4.78, 5) is 23.8. The molecule has 3 aromatic carbocycles. The van der Waals surface area contributed by atoms with Crippen molar-refractivity contribution in [2.24, 2.45) is 5.10 Å². The van der Waals surface area contributed by atoms with Gasteiger partial charge in [0.15, 0.2) is 11.5 Å². The van der Waals surface area contributed by atoms with Crippen LogP contribution in [0, 0.1) is 0 Å². The average Bonchev–Trinajstić information content (AvgIpc) is 2.83. The van der Waals surface area contributed by atoms with Crippen molar-refractivity contribution in [3.63, 3.8) is 0 Å². The van der Waals surface area contributed by atoms with Crippen molar-refractivity contribution in [1.29, 1.82) is 0 Å². The Morgan fingerprint density at radius 3 is 2.41 bits per heavy atom. The van der Waals surface area contributed by atoms with E-state index in [-0.39, 0.29) is 6.54 Å². The van der Waals surface area contributed by atoms with Gasteiger partial charge in [-0.1, -0.05) is 54.1 Å². The third kappa shape index (κ3) is 6.85. The van der Waals surface area contributed by atoms with Crippen molar-refractivity contribution in [3.05, 3.63) is 94.5 Å². The lowest BCUT2D eigenvalue weighted by Gasteiger charge is -2.11. The van der Waals surface area contributed by atoms with E-state index in [1.54, 1.807) is 49.6 Å². The van der Waals surface area contributed by atoms with Crippen LogP contribution < -0.4 is 20.2 Å². The van der Waals surface area contributed by atoms with E-state index >= 15 is 0 Å². The van der Waals surface area contributed by atoms with E-state index in [0.29, 0.717) is 28.7 Å². The highest BCUT2D eigenvalue weighted by Crippen LogP contribution is 2.28. The summed E-state index contributed by atoms with van der Waals surface area (Å²) in [6.45, 7) is 0.612. The number of nitrogens with one attached hydrogen (secondary N) is 2. The molecule has 3 rings (SSSR count). The maximum Gasteiger partial charge on any atom is 0.329 e. The van der Waals surface area contributed by atoms with E-state index in [1.165, 1.54) is 6.21 Å². The predicted molar refractivity (Wildman–Crippen MR) is 123 cm³/mol. The van der Waals surface area contributed by atoms with Gasteiger partial charge in [-0.25, -0.2) is 5.43 Å². The number of rotatable bonds is 8. The number of carbonyl (C=O) groups excluding carboxylic acids is 2. The SMILES string of the molecule is COc1cc(/C=N\NC(=O)C(=O)NCc2ccc(Cl)cc2)ccc1OCc1ccccc1. The van der Waals surface area contributed by atoms with Gasteiger partial charge in [-0.3, -0.25) is 9.59 Å². The molecular formula is C24H22ClN3O4. The third-order valence-electron chi connectivity index (χ3n) is 4.38. The average molecular weight is 452 g/mol. The van der Waals surface area contributed by atoms with Crippen molar-refractivity contribution in [2.75, 3.05) is 7.11 Å². The summed E-state index contributed by atoms with van der Waals surface area (Å²) in [5.74, 6) is -0.555. The van der Waals surface area contributed by atoms with Crippen molar-refractivity contribution in [3.8, 4) is 11.5 Å². The number of benzene rings is 3. The summed E-state index contributed by atoms with van der Waals surface area (Å²) in [5.41, 5.74) is 4.72. The smallest absolute Gasteiger partial charge is 0.329 e. The lowest BCUT2D eigenvalue weighted by molar-refractivity contribution is -0.139. The van der Waals surface area contributed by atoms with E-state index in [9.17, 15) is 9.59 Å². The number of carbonyl (C=O) groups is 2. The van der Waals surface area contributed by atoms with E-state index in [1.807, 2.05) is 30.3 Å². The Balaban J connectivity index is 1.50. The Labute approximate surface area is 191 Å². The first-order valence-corrected chi connectivity index (χ1v) is 10.1. The first-order valence-electron chi connectivity index (χ1n) is 9.75. The van der Waals surface area contributed by atoms with Gasteiger partial charge in [-0.15, -0.1) is 0 Å². The van der Waals surface area contributed by atoms with Crippen LogP contribution in [0.15, 0.2) is 77.9 Å². The number of methoxy groups -OCH3 is 1. The number of nitrogens with zero attached hydrogens (tertiary/aromatic N) is 1. The monoisotopic (exact) mass is 451 g/mol. The third-order valence-corrected chi connectivity index (χ3v) is 4.63.